The molecule has 0 amide bonds. The van der Waals surface area contributed by atoms with Crippen molar-refractivity contribution < 1.29 is 5.11 Å². The Morgan fingerprint density at radius 3 is 2.62 bits per heavy atom. The van der Waals surface area contributed by atoms with E-state index in [1.807, 2.05) is 0 Å². The molecule has 0 bridgehead atoms. The molecular weight excluding hydrogens is 260 g/mol. The predicted molar refractivity (Wildman–Crippen MR) is 89.5 cm³/mol. The van der Waals surface area contributed by atoms with Gasteiger partial charge in [-0.3, -0.25) is 0 Å². The number of aliphatic hydroxyl groups is 1. The van der Waals surface area contributed by atoms with Crippen LogP contribution < -0.4 is 5.32 Å². The fourth-order valence-corrected chi connectivity index (χ4v) is 3.81. The molecule has 2 N–H and O–H groups in total. The minimum Gasteiger partial charge on any atom is -0.396 e. The third kappa shape index (κ3) is 6.25. The van der Waals surface area contributed by atoms with Crippen LogP contribution in [0.2, 0.25) is 0 Å². The molecule has 3 heteroatoms. The monoisotopic (exact) mass is 296 g/mol. The van der Waals surface area contributed by atoms with Crippen LogP contribution in [0.5, 0.6) is 0 Å². The van der Waals surface area contributed by atoms with Gasteiger partial charge >= 0.3 is 0 Å². The molecule has 1 saturated carbocycles. The first-order chi connectivity index (χ1) is 10.2. The topological polar surface area (TPSA) is 35.5 Å². The summed E-state index contributed by atoms with van der Waals surface area (Å²) in [6.07, 6.45) is 9.09. The first-order valence-electron chi connectivity index (χ1n) is 9.24. The Morgan fingerprint density at radius 1 is 1.19 bits per heavy atom. The van der Waals surface area contributed by atoms with Gasteiger partial charge in [0.1, 0.15) is 0 Å². The molecule has 2 fully saturated rings. The molecule has 2 atom stereocenters. The van der Waals surface area contributed by atoms with Gasteiger partial charge in [0.25, 0.3) is 0 Å². The quantitative estimate of drug-likeness (QED) is 0.687. The lowest BCUT2D eigenvalue weighted by atomic mass is 9.83. The van der Waals surface area contributed by atoms with E-state index in [4.69, 9.17) is 5.11 Å². The Bertz CT molecular complexity index is 278. The summed E-state index contributed by atoms with van der Waals surface area (Å²) in [5, 5.41) is 12.9. The number of rotatable bonds is 9. The van der Waals surface area contributed by atoms with Crippen LogP contribution in [0, 0.1) is 17.8 Å². The number of nitrogens with one attached hydrogen (secondary N) is 1. The van der Waals surface area contributed by atoms with E-state index in [0.717, 1.165) is 30.7 Å². The molecule has 1 aliphatic carbocycles. The van der Waals surface area contributed by atoms with Crippen LogP contribution in [0.3, 0.4) is 0 Å². The van der Waals surface area contributed by atoms with E-state index >= 15 is 0 Å². The van der Waals surface area contributed by atoms with Gasteiger partial charge in [-0.05, 0) is 62.8 Å². The maximum Gasteiger partial charge on any atom is 0.0431 e. The largest absolute Gasteiger partial charge is 0.396 e. The number of nitrogens with zero attached hydrogens (tertiary/aromatic N) is 1. The molecule has 124 valence electrons. The van der Waals surface area contributed by atoms with Crippen molar-refractivity contribution in [3.63, 3.8) is 0 Å². The maximum atomic E-state index is 9.09. The minimum atomic E-state index is 0.352. The summed E-state index contributed by atoms with van der Waals surface area (Å²) in [7, 11) is 0. The number of likely N-dealkylation sites (tertiary alicyclic amines) is 1. The molecule has 2 aliphatic rings. The normalized spacial score (nSPS) is 28.0. The van der Waals surface area contributed by atoms with E-state index in [1.54, 1.807) is 0 Å². The third-order valence-corrected chi connectivity index (χ3v) is 5.28. The number of aliphatic hydroxyl groups excluding tert-OH is 1. The zero-order chi connectivity index (χ0) is 15.1. The van der Waals surface area contributed by atoms with Gasteiger partial charge in [-0.1, -0.05) is 20.3 Å². The van der Waals surface area contributed by atoms with Gasteiger partial charge in [0, 0.05) is 32.3 Å². The Kier molecular flexibility index (Phi) is 7.48. The Labute approximate surface area is 131 Å². The highest BCUT2D eigenvalue weighted by Gasteiger charge is 2.29. The van der Waals surface area contributed by atoms with Crippen LogP contribution >= 0.6 is 0 Å². The van der Waals surface area contributed by atoms with Crippen LogP contribution in [0.4, 0.5) is 0 Å². The number of hydrogen-bond donors (Lipinski definition) is 2. The van der Waals surface area contributed by atoms with E-state index in [1.165, 1.54) is 58.2 Å². The SMILES string of the molecule is CC(C)CCNC1CC(CCCO)CN(CC2CCC2)C1. The maximum absolute atomic E-state index is 9.09. The molecule has 1 saturated heterocycles. The van der Waals surface area contributed by atoms with Gasteiger partial charge in [-0.2, -0.15) is 0 Å². The lowest BCUT2D eigenvalue weighted by molar-refractivity contribution is 0.0950. The van der Waals surface area contributed by atoms with E-state index in [2.05, 4.69) is 24.1 Å². The standard InChI is InChI=1S/C18H36N2O/c1-15(2)8-9-19-18-11-17(7-4-10-21)13-20(14-18)12-16-5-3-6-16/h15-19,21H,3-14H2,1-2H3. The molecule has 0 aromatic rings. The molecule has 0 aromatic heterocycles. The zero-order valence-corrected chi connectivity index (χ0v) is 14.2. The Balaban J connectivity index is 1.77. The van der Waals surface area contributed by atoms with Gasteiger partial charge in [0.2, 0.25) is 0 Å². The zero-order valence-electron chi connectivity index (χ0n) is 14.2. The third-order valence-electron chi connectivity index (χ3n) is 5.28. The van der Waals surface area contributed by atoms with Crippen molar-refractivity contribution in [1.82, 2.24) is 10.2 Å². The molecule has 2 unspecified atom stereocenters. The average molecular weight is 296 g/mol. The van der Waals surface area contributed by atoms with Gasteiger partial charge in [-0.15, -0.1) is 0 Å². The highest BCUT2D eigenvalue weighted by Crippen LogP contribution is 2.29. The van der Waals surface area contributed by atoms with E-state index in [0.29, 0.717) is 12.6 Å². The summed E-state index contributed by atoms with van der Waals surface area (Å²) >= 11 is 0. The molecule has 0 aromatic carbocycles. The summed E-state index contributed by atoms with van der Waals surface area (Å²) in [5.74, 6) is 2.54. The summed E-state index contributed by atoms with van der Waals surface area (Å²) in [6, 6.07) is 0.668. The molecule has 0 radical (unpaired) electrons. The number of piperidine rings is 1. The molecule has 1 heterocycles. The van der Waals surface area contributed by atoms with Crippen molar-refractivity contribution >= 4 is 0 Å². The van der Waals surface area contributed by atoms with Crippen molar-refractivity contribution in [2.24, 2.45) is 17.8 Å². The summed E-state index contributed by atoms with van der Waals surface area (Å²) < 4.78 is 0. The van der Waals surface area contributed by atoms with Gasteiger partial charge < -0.3 is 15.3 Å². The van der Waals surface area contributed by atoms with Gasteiger partial charge in [0.05, 0.1) is 0 Å². The highest BCUT2D eigenvalue weighted by molar-refractivity contribution is 4.86. The van der Waals surface area contributed by atoms with Crippen molar-refractivity contribution in [2.45, 2.75) is 64.8 Å². The Hall–Kier alpha value is -0.120. The van der Waals surface area contributed by atoms with E-state index < -0.39 is 0 Å². The lowest BCUT2D eigenvalue weighted by Crippen LogP contribution is -2.51. The smallest absolute Gasteiger partial charge is 0.0431 e. The second kappa shape index (κ2) is 9.12. The molecule has 1 aliphatic heterocycles. The van der Waals surface area contributed by atoms with Crippen LogP contribution in [0.25, 0.3) is 0 Å². The first kappa shape index (κ1) is 17.2. The second-order valence-electron chi connectivity index (χ2n) is 7.82. The fraction of sp³-hybridized carbons (Fsp3) is 1.00. The summed E-state index contributed by atoms with van der Waals surface area (Å²) in [5.41, 5.74) is 0. The van der Waals surface area contributed by atoms with E-state index in [9.17, 15) is 0 Å². The highest BCUT2D eigenvalue weighted by atomic mass is 16.2. The predicted octanol–water partition coefficient (Wildman–Crippen LogP) is 2.89. The molecule has 21 heavy (non-hydrogen) atoms. The molecule has 2 rings (SSSR count). The van der Waals surface area contributed by atoms with Crippen molar-refractivity contribution in [2.75, 3.05) is 32.8 Å². The van der Waals surface area contributed by atoms with Crippen molar-refractivity contribution in [3.8, 4) is 0 Å². The van der Waals surface area contributed by atoms with Crippen molar-refractivity contribution in [3.05, 3.63) is 0 Å². The van der Waals surface area contributed by atoms with Crippen LogP contribution in [-0.4, -0.2) is 48.8 Å². The van der Waals surface area contributed by atoms with Crippen molar-refractivity contribution in [1.29, 1.82) is 0 Å². The van der Waals surface area contributed by atoms with Crippen LogP contribution in [-0.2, 0) is 0 Å². The van der Waals surface area contributed by atoms with Crippen LogP contribution in [0.1, 0.15) is 58.8 Å². The molecular formula is C18H36N2O. The summed E-state index contributed by atoms with van der Waals surface area (Å²) in [6.45, 7) is 9.93. The Morgan fingerprint density at radius 2 is 2.00 bits per heavy atom. The summed E-state index contributed by atoms with van der Waals surface area (Å²) in [4.78, 5) is 2.71. The molecule has 3 nitrogen and oxygen atoms in total. The average Bonchev–Trinajstić information content (AvgIpc) is 2.40. The first-order valence-corrected chi connectivity index (χ1v) is 9.24. The van der Waals surface area contributed by atoms with Gasteiger partial charge in [0.15, 0.2) is 0 Å². The van der Waals surface area contributed by atoms with E-state index in [-0.39, 0.29) is 0 Å². The lowest BCUT2D eigenvalue weighted by Gasteiger charge is -2.41. The second-order valence-corrected chi connectivity index (χ2v) is 7.82. The molecule has 0 spiro atoms. The van der Waals surface area contributed by atoms with Crippen LogP contribution in [0.15, 0.2) is 0 Å². The fourth-order valence-electron chi connectivity index (χ4n) is 3.81. The number of hydrogen-bond acceptors (Lipinski definition) is 3. The minimum absolute atomic E-state index is 0.352. The van der Waals surface area contributed by atoms with Gasteiger partial charge in [-0.25, -0.2) is 0 Å².